The van der Waals surface area contributed by atoms with Gasteiger partial charge in [-0.2, -0.15) is 0 Å². The topological polar surface area (TPSA) is 46.2 Å². The van der Waals surface area contributed by atoms with Crippen LogP contribution in [0.1, 0.15) is 58.3 Å². The Morgan fingerprint density at radius 2 is 1.79 bits per heavy atom. The summed E-state index contributed by atoms with van der Waals surface area (Å²) >= 11 is 0. The van der Waals surface area contributed by atoms with Crippen molar-refractivity contribution < 1.29 is 5.11 Å². The van der Waals surface area contributed by atoms with Crippen LogP contribution in [0.25, 0.3) is 0 Å². The molecule has 2 atom stereocenters. The minimum atomic E-state index is -0.540. The second-order valence-corrected chi connectivity index (χ2v) is 5.60. The van der Waals surface area contributed by atoms with Gasteiger partial charge in [0.2, 0.25) is 0 Å². The van der Waals surface area contributed by atoms with E-state index >= 15 is 0 Å². The van der Waals surface area contributed by atoms with E-state index in [9.17, 15) is 5.11 Å². The Kier molecular flexibility index (Phi) is 2.61. The fourth-order valence-corrected chi connectivity index (χ4v) is 3.47. The van der Waals surface area contributed by atoms with Gasteiger partial charge in [0.05, 0.1) is 5.60 Å². The second-order valence-electron chi connectivity index (χ2n) is 5.60. The molecule has 2 rings (SSSR count). The molecule has 0 radical (unpaired) electrons. The Morgan fingerprint density at radius 3 is 2.36 bits per heavy atom. The number of hydrogen-bond donors (Lipinski definition) is 2. The van der Waals surface area contributed by atoms with Crippen molar-refractivity contribution in [3.8, 4) is 0 Å². The Hall–Kier alpha value is -0.0800. The van der Waals surface area contributed by atoms with Crippen LogP contribution in [-0.4, -0.2) is 16.2 Å². The first kappa shape index (κ1) is 10.4. The lowest BCUT2D eigenvalue weighted by molar-refractivity contribution is -0.0535. The molecule has 82 valence electrons. The number of nitrogens with two attached hydrogens (primary N) is 1. The Morgan fingerprint density at radius 1 is 1.14 bits per heavy atom. The van der Waals surface area contributed by atoms with Crippen LogP contribution in [0.3, 0.4) is 0 Å². The molecule has 0 heterocycles. The highest BCUT2D eigenvalue weighted by atomic mass is 16.3. The van der Waals surface area contributed by atoms with Crippen LogP contribution in [0, 0.1) is 5.92 Å². The first-order valence-corrected chi connectivity index (χ1v) is 6.07. The minimum Gasteiger partial charge on any atom is -0.388 e. The zero-order valence-electron chi connectivity index (χ0n) is 9.26. The highest BCUT2D eigenvalue weighted by molar-refractivity contribution is 5.07. The average molecular weight is 197 g/mol. The molecule has 2 unspecified atom stereocenters. The maximum Gasteiger partial charge on any atom is 0.0826 e. The van der Waals surface area contributed by atoms with Crippen molar-refractivity contribution in [3.63, 3.8) is 0 Å². The molecule has 0 saturated heterocycles. The normalized spacial score (nSPS) is 42.6. The Balaban J connectivity index is 2.13. The molecule has 3 N–H and O–H groups in total. The third-order valence-corrected chi connectivity index (χ3v) is 4.39. The number of rotatable bonds is 1. The van der Waals surface area contributed by atoms with Crippen molar-refractivity contribution >= 4 is 0 Å². The Bertz CT molecular complexity index is 210. The van der Waals surface area contributed by atoms with Gasteiger partial charge in [-0.25, -0.2) is 0 Å². The molecule has 2 heteroatoms. The molecule has 2 fully saturated rings. The van der Waals surface area contributed by atoms with E-state index in [1.54, 1.807) is 0 Å². The summed E-state index contributed by atoms with van der Waals surface area (Å²) in [4.78, 5) is 0. The van der Waals surface area contributed by atoms with E-state index in [-0.39, 0.29) is 5.54 Å². The molecular weight excluding hydrogens is 174 g/mol. The minimum absolute atomic E-state index is 0.277. The quantitative estimate of drug-likeness (QED) is 0.677. The van der Waals surface area contributed by atoms with E-state index < -0.39 is 5.60 Å². The van der Waals surface area contributed by atoms with Crippen LogP contribution >= 0.6 is 0 Å². The standard InChI is InChI=1S/C12H23NO/c1-10-5-4-6-11(13,9-10)12(14)7-2-3-8-12/h10,14H,2-9,13H2,1H3. The molecule has 14 heavy (non-hydrogen) atoms. The van der Waals surface area contributed by atoms with Crippen LogP contribution < -0.4 is 5.73 Å². The van der Waals surface area contributed by atoms with E-state index in [0.717, 1.165) is 38.5 Å². The lowest BCUT2D eigenvalue weighted by Crippen LogP contribution is -2.61. The zero-order valence-corrected chi connectivity index (χ0v) is 9.26. The highest BCUT2D eigenvalue weighted by Gasteiger charge is 2.50. The molecule has 0 amide bonds. The van der Waals surface area contributed by atoms with E-state index in [1.165, 1.54) is 12.8 Å². The summed E-state index contributed by atoms with van der Waals surface area (Å²) in [6.07, 6.45) is 8.69. The largest absolute Gasteiger partial charge is 0.388 e. The van der Waals surface area contributed by atoms with Gasteiger partial charge in [-0.05, 0) is 31.6 Å². The van der Waals surface area contributed by atoms with Crippen molar-refractivity contribution in [1.82, 2.24) is 0 Å². The summed E-state index contributed by atoms with van der Waals surface area (Å²) in [6.45, 7) is 2.26. The summed E-state index contributed by atoms with van der Waals surface area (Å²) in [5.74, 6) is 0.693. The molecule has 0 bridgehead atoms. The summed E-state index contributed by atoms with van der Waals surface area (Å²) in [5, 5.41) is 10.6. The van der Waals surface area contributed by atoms with Gasteiger partial charge in [0, 0.05) is 5.54 Å². The first-order valence-electron chi connectivity index (χ1n) is 6.07. The van der Waals surface area contributed by atoms with E-state index in [2.05, 4.69) is 6.92 Å². The lowest BCUT2D eigenvalue weighted by Gasteiger charge is -2.47. The maximum absolute atomic E-state index is 10.6. The molecule has 0 spiro atoms. The van der Waals surface area contributed by atoms with Gasteiger partial charge in [0.25, 0.3) is 0 Å². The summed E-state index contributed by atoms with van der Waals surface area (Å²) in [7, 11) is 0. The highest BCUT2D eigenvalue weighted by Crippen LogP contribution is 2.45. The fraction of sp³-hybridized carbons (Fsp3) is 1.00. The number of hydrogen-bond acceptors (Lipinski definition) is 2. The van der Waals surface area contributed by atoms with Crippen LogP contribution in [0.2, 0.25) is 0 Å². The zero-order chi connectivity index (χ0) is 10.2. The second kappa shape index (κ2) is 3.49. The molecule has 0 aromatic heterocycles. The smallest absolute Gasteiger partial charge is 0.0826 e. The summed E-state index contributed by atoms with van der Waals surface area (Å²) in [5.41, 5.74) is 5.62. The van der Waals surface area contributed by atoms with Crippen molar-refractivity contribution in [3.05, 3.63) is 0 Å². The van der Waals surface area contributed by atoms with Crippen LogP contribution in [-0.2, 0) is 0 Å². The monoisotopic (exact) mass is 197 g/mol. The van der Waals surface area contributed by atoms with Crippen molar-refractivity contribution in [2.24, 2.45) is 11.7 Å². The molecule has 2 nitrogen and oxygen atoms in total. The third-order valence-electron chi connectivity index (χ3n) is 4.39. The molecular formula is C12H23NO. The fourth-order valence-electron chi connectivity index (χ4n) is 3.47. The maximum atomic E-state index is 10.6. The van der Waals surface area contributed by atoms with Crippen LogP contribution in [0.15, 0.2) is 0 Å². The van der Waals surface area contributed by atoms with Crippen molar-refractivity contribution in [2.45, 2.75) is 69.4 Å². The van der Waals surface area contributed by atoms with Gasteiger partial charge in [-0.15, -0.1) is 0 Å². The van der Waals surface area contributed by atoms with Gasteiger partial charge in [-0.3, -0.25) is 0 Å². The van der Waals surface area contributed by atoms with Gasteiger partial charge in [0.15, 0.2) is 0 Å². The summed E-state index contributed by atoms with van der Waals surface area (Å²) < 4.78 is 0. The van der Waals surface area contributed by atoms with Gasteiger partial charge < -0.3 is 10.8 Å². The van der Waals surface area contributed by atoms with Gasteiger partial charge in [0.1, 0.15) is 0 Å². The molecule has 2 saturated carbocycles. The van der Waals surface area contributed by atoms with E-state index in [0.29, 0.717) is 5.92 Å². The lowest BCUT2D eigenvalue weighted by atomic mass is 9.67. The predicted molar refractivity (Wildman–Crippen MR) is 58.0 cm³/mol. The molecule has 0 aliphatic heterocycles. The molecule has 2 aliphatic rings. The van der Waals surface area contributed by atoms with Crippen molar-refractivity contribution in [2.75, 3.05) is 0 Å². The SMILES string of the molecule is CC1CCCC(N)(C2(O)CCCC2)C1. The molecule has 2 aliphatic carbocycles. The van der Waals surface area contributed by atoms with Gasteiger partial charge >= 0.3 is 0 Å². The van der Waals surface area contributed by atoms with Gasteiger partial charge in [-0.1, -0.05) is 32.6 Å². The van der Waals surface area contributed by atoms with E-state index in [4.69, 9.17) is 5.73 Å². The van der Waals surface area contributed by atoms with E-state index in [1.807, 2.05) is 0 Å². The predicted octanol–water partition coefficient (Wildman–Crippen LogP) is 2.20. The third kappa shape index (κ3) is 1.59. The Labute approximate surface area is 86.9 Å². The molecule has 0 aromatic rings. The average Bonchev–Trinajstić information content (AvgIpc) is 2.53. The van der Waals surface area contributed by atoms with Crippen LogP contribution in [0.5, 0.6) is 0 Å². The van der Waals surface area contributed by atoms with Crippen LogP contribution in [0.4, 0.5) is 0 Å². The molecule has 0 aromatic carbocycles. The van der Waals surface area contributed by atoms with Crippen molar-refractivity contribution in [1.29, 1.82) is 0 Å². The number of aliphatic hydroxyl groups is 1. The summed E-state index contributed by atoms with van der Waals surface area (Å²) in [6, 6.07) is 0. The first-order chi connectivity index (χ1) is 6.56.